The third kappa shape index (κ3) is 2.72. The van der Waals surface area contributed by atoms with E-state index >= 15 is 0 Å². The van der Waals surface area contributed by atoms with Crippen LogP contribution in [0.3, 0.4) is 0 Å². The summed E-state index contributed by atoms with van der Waals surface area (Å²) in [4.78, 5) is 24.4. The molecule has 1 saturated carbocycles. The lowest BCUT2D eigenvalue weighted by molar-refractivity contribution is -0.142. The van der Waals surface area contributed by atoms with Crippen LogP contribution < -0.4 is 5.32 Å². The number of hydrogen-bond acceptors (Lipinski definition) is 3. The topological polar surface area (TPSA) is 69.6 Å². The van der Waals surface area contributed by atoms with Crippen LogP contribution in [-0.2, 0) is 9.59 Å². The van der Waals surface area contributed by atoms with Crippen LogP contribution in [0.4, 0.5) is 0 Å². The Kier molecular flexibility index (Phi) is 3.14. The Labute approximate surface area is 94.8 Å². The van der Waals surface area contributed by atoms with E-state index in [1.807, 2.05) is 11.8 Å². The average Bonchev–Trinajstić information content (AvgIpc) is 2.89. The second-order valence-corrected chi connectivity index (χ2v) is 4.96. The summed E-state index contributed by atoms with van der Waals surface area (Å²) in [5.41, 5.74) is 0. The molecule has 16 heavy (non-hydrogen) atoms. The number of nitrogens with one attached hydrogen (secondary N) is 1. The fourth-order valence-electron chi connectivity index (χ4n) is 2.22. The third-order valence-corrected chi connectivity index (χ3v) is 3.31. The van der Waals surface area contributed by atoms with E-state index in [-0.39, 0.29) is 17.7 Å². The number of carboxylic acids is 1. The molecule has 0 aromatic carbocycles. The molecule has 5 heteroatoms. The number of carbonyl (C=O) groups is 2. The number of amides is 1. The first-order chi connectivity index (χ1) is 7.56. The van der Waals surface area contributed by atoms with Crippen molar-refractivity contribution in [3.63, 3.8) is 0 Å². The van der Waals surface area contributed by atoms with E-state index in [1.165, 1.54) is 0 Å². The van der Waals surface area contributed by atoms with Crippen LogP contribution in [0.5, 0.6) is 0 Å². The standard InChI is InChI=1S/C11H18N2O3/c1-7-4-13(5-9(7)11(15)16)6-10(14)12-8-2-3-8/h7-9H,2-6H2,1H3,(H,12,14)(H,15,16)/t7-,9-/m1/s1. The van der Waals surface area contributed by atoms with Crippen LogP contribution >= 0.6 is 0 Å². The molecule has 0 bridgehead atoms. The molecule has 2 N–H and O–H groups in total. The van der Waals surface area contributed by atoms with Crippen LogP contribution in [0.2, 0.25) is 0 Å². The first-order valence-corrected chi connectivity index (χ1v) is 5.81. The zero-order chi connectivity index (χ0) is 11.7. The van der Waals surface area contributed by atoms with Crippen LogP contribution in [0.15, 0.2) is 0 Å². The van der Waals surface area contributed by atoms with E-state index in [2.05, 4.69) is 5.32 Å². The molecule has 0 aromatic heterocycles. The molecule has 90 valence electrons. The molecule has 2 rings (SSSR count). The molecule has 0 radical (unpaired) electrons. The average molecular weight is 226 g/mol. The van der Waals surface area contributed by atoms with Crippen molar-refractivity contribution in [2.24, 2.45) is 11.8 Å². The highest BCUT2D eigenvalue weighted by molar-refractivity contribution is 5.79. The summed E-state index contributed by atoms with van der Waals surface area (Å²) < 4.78 is 0. The van der Waals surface area contributed by atoms with Gasteiger partial charge in [0.05, 0.1) is 12.5 Å². The maximum Gasteiger partial charge on any atom is 0.308 e. The number of nitrogens with zero attached hydrogens (tertiary/aromatic N) is 1. The highest BCUT2D eigenvalue weighted by atomic mass is 16.4. The minimum atomic E-state index is -0.752. The minimum absolute atomic E-state index is 0.0285. The van der Waals surface area contributed by atoms with E-state index in [9.17, 15) is 9.59 Å². The molecule has 2 atom stereocenters. The zero-order valence-corrected chi connectivity index (χ0v) is 9.48. The van der Waals surface area contributed by atoms with Gasteiger partial charge in [0.25, 0.3) is 0 Å². The number of rotatable bonds is 4. The predicted octanol–water partition coefficient (Wildman–Crippen LogP) is -0.0825. The van der Waals surface area contributed by atoms with Crippen LogP contribution in [-0.4, -0.2) is 47.6 Å². The Balaban J connectivity index is 1.78. The van der Waals surface area contributed by atoms with Crippen LogP contribution in [0.1, 0.15) is 19.8 Å². The van der Waals surface area contributed by atoms with E-state index in [1.54, 1.807) is 0 Å². The van der Waals surface area contributed by atoms with Crippen molar-refractivity contribution in [3.05, 3.63) is 0 Å². The Morgan fingerprint density at radius 2 is 2.06 bits per heavy atom. The van der Waals surface area contributed by atoms with Gasteiger partial charge in [-0.3, -0.25) is 14.5 Å². The van der Waals surface area contributed by atoms with Gasteiger partial charge in [-0.05, 0) is 18.8 Å². The predicted molar refractivity (Wildman–Crippen MR) is 57.9 cm³/mol. The molecule has 1 aliphatic heterocycles. The highest BCUT2D eigenvalue weighted by Crippen LogP contribution is 2.23. The molecule has 2 fully saturated rings. The maximum atomic E-state index is 11.5. The van der Waals surface area contributed by atoms with Gasteiger partial charge in [0, 0.05) is 19.1 Å². The van der Waals surface area contributed by atoms with E-state index < -0.39 is 5.97 Å². The second-order valence-electron chi connectivity index (χ2n) is 4.96. The lowest BCUT2D eigenvalue weighted by Crippen LogP contribution is -2.37. The SMILES string of the molecule is C[C@@H]1CN(CC(=O)NC2CC2)C[C@H]1C(=O)O. The van der Waals surface area contributed by atoms with Gasteiger partial charge in [-0.1, -0.05) is 6.92 Å². The fraction of sp³-hybridized carbons (Fsp3) is 0.818. The summed E-state index contributed by atoms with van der Waals surface area (Å²) in [6.45, 7) is 3.46. The van der Waals surface area contributed by atoms with E-state index in [4.69, 9.17) is 5.11 Å². The van der Waals surface area contributed by atoms with Gasteiger partial charge < -0.3 is 10.4 Å². The summed E-state index contributed by atoms with van der Waals surface area (Å²) in [6, 6.07) is 0.378. The third-order valence-electron chi connectivity index (χ3n) is 3.31. The van der Waals surface area contributed by atoms with Crippen molar-refractivity contribution in [2.75, 3.05) is 19.6 Å². The number of carboxylic acid groups (broad SMARTS) is 1. The fourth-order valence-corrected chi connectivity index (χ4v) is 2.22. The van der Waals surface area contributed by atoms with Crippen molar-refractivity contribution in [3.8, 4) is 0 Å². The lowest BCUT2D eigenvalue weighted by atomic mass is 9.99. The molecule has 1 aliphatic carbocycles. The number of likely N-dealkylation sites (tertiary alicyclic amines) is 1. The molecule has 5 nitrogen and oxygen atoms in total. The largest absolute Gasteiger partial charge is 0.481 e. The summed E-state index contributed by atoms with van der Waals surface area (Å²) >= 11 is 0. The Morgan fingerprint density at radius 3 is 2.56 bits per heavy atom. The van der Waals surface area contributed by atoms with Gasteiger partial charge in [0.1, 0.15) is 0 Å². The van der Waals surface area contributed by atoms with E-state index in [0.29, 0.717) is 25.7 Å². The summed E-state index contributed by atoms with van der Waals surface area (Å²) in [6.07, 6.45) is 2.17. The van der Waals surface area contributed by atoms with Gasteiger partial charge >= 0.3 is 5.97 Å². The Bertz CT molecular complexity index is 302. The van der Waals surface area contributed by atoms with E-state index in [0.717, 1.165) is 12.8 Å². The number of hydrogen-bond donors (Lipinski definition) is 2. The molecule has 1 amide bonds. The van der Waals surface area contributed by atoms with Crippen molar-refractivity contribution >= 4 is 11.9 Å². The smallest absolute Gasteiger partial charge is 0.308 e. The maximum absolute atomic E-state index is 11.5. The monoisotopic (exact) mass is 226 g/mol. The Morgan fingerprint density at radius 1 is 1.38 bits per heavy atom. The summed E-state index contributed by atoms with van der Waals surface area (Å²) in [5.74, 6) is -0.918. The Hall–Kier alpha value is -1.10. The molecular weight excluding hydrogens is 208 g/mol. The van der Waals surface area contributed by atoms with Gasteiger partial charge in [0.2, 0.25) is 5.91 Å². The minimum Gasteiger partial charge on any atom is -0.481 e. The lowest BCUT2D eigenvalue weighted by Gasteiger charge is -2.14. The first-order valence-electron chi connectivity index (χ1n) is 5.81. The molecule has 2 aliphatic rings. The molecule has 0 spiro atoms. The van der Waals surface area contributed by atoms with Crippen molar-refractivity contribution < 1.29 is 14.7 Å². The summed E-state index contributed by atoms with van der Waals surface area (Å²) in [5, 5.41) is 11.9. The van der Waals surface area contributed by atoms with Gasteiger partial charge in [-0.2, -0.15) is 0 Å². The van der Waals surface area contributed by atoms with Gasteiger partial charge in [0.15, 0.2) is 0 Å². The summed E-state index contributed by atoms with van der Waals surface area (Å²) in [7, 11) is 0. The number of aliphatic carboxylic acids is 1. The number of carbonyl (C=O) groups excluding carboxylic acids is 1. The van der Waals surface area contributed by atoms with Crippen LogP contribution in [0, 0.1) is 11.8 Å². The van der Waals surface area contributed by atoms with Crippen molar-refractivity contribution in [1.82, 2.24) is 10.2 Å². The second kappa shape index (κ2) is 4.41. The molecule has 0 aromatic rings. The molecule has 1 saturated heterocycles. The van der Waals surface area contributed by atoms with Crippen molar-refractivity contribution in [2.45, 2.75) is 25.8 Å². The molecular formula is C11H18N2O3. The molecule has 1 heterocycles. The van der Waals surface area contributed by atoms with Gasteiger partial charge in [-0.15, -0.1) is 0 Å². The first kappa shape index (κ1) is 11.4. The molecule has 0 unspecified atom stereocenters. The normalized spacial score (nSPS) is 30.3. The highest BCUT2D eigenvalue weighted by Gasteiger charge is 2.35. The van der Waals surface area contributed by atoms with Gasteiger partial charge in [-0.25, -0.2) is 0 Å². The van der Waals surface area contributed by atoms with Crippen molar-refractivity contribution in [1.29, 1.82) is 0 Å². The van der Waals surface area contributed by atoms with Crippen LogP contribution in [0.25, 0.3) is 0 Å². The quantitative estimate of drug-likeness (QED) is 0.703. The zero-order valence-electron chi connectivity index (χ0n) is 9.48.